The minimum Gasteiger partial charge on any atom is -0.398 e. The number of halogens is 1. The van der Waals surface area contributed by atoms with Gasteiger partial charge >= 0.3 is 0 Å². The van der Waals surface area contributed by atoms with Gasteiger partial charge in [0.05, 0.1) is 107 Å². The van der Waals surface area contributed by atoms with Crippen molar-refractivity contribution in [2.24, 2.45) is 59.2 Å². The van der Waals surface area contributed by atoms with Gasteiger partial charge in [-0.3, -0.25) is 53.0 Å². The normalized spacial score (nSPS) is 20.4. The number of carbonyl (C=O) groups excluding carboxylic acids is 9. The second kappa shape index (κ2) is 39.1. The van der Waals surface area contributed by atoms with Gasteiger partial charge in [0.25, 0.3) is 0 Å². The number of aryl methyl sites for hydroxylation is 1. The van der Waals surface area contributed by atoms with E-state index in [-0.39, 0.29) is 142 Å². The second-order valence-electron chi connectivity index (χ2n) is 35.9. The first-order chi connectivity index (χ1) is 66.2. The third kappa shape index (κ3) is 20.1. The fourth-order valence-corrected chi connectivity index (χ4v) is 17.6. The van der Waals surface area contributed by atoms with Crippen LogP contribution in [0.5, 0.6) is 0 Å². The highest BCUT2D eigenvalue weighted by Gasteiger charge is 2.47. The van der Waals surface area contributed by atoms with Crippen molar-refractivity contribution in [1.82, 2.24) is 24.9 Å². The summed E-state index contributed by atoms with van der Waals surface area (Å²) in [7, 11) is 0. The van der Waals surface area contributed by atoms with E-state index in [0.29, 0.717) is 120 Å². The fraction of sp³-hybridized carbons (Fsp3) is 0.279. The molecule has 1 unspecified atom stereocenters. The predicted molar refractivity (Wildman–Crippen MR) is 526 cm³/mol. The van der Waals surface area contributed by atoms with Gasteiger partial charge in [0, 0.05) is 141 Å². The van der Waals surface area contributed by atoms with E-state index < -0.39 is 5.82 Å². The van der Waals surface area contributed by atoms with Gasteiger partial charge in [-0.1, -0.05) is 43.3 Å². The molecule has 0 bridgehead atoms. The second-order valence-corrected chi connectivity index (χ2v) is 35.9. The first-order valence-electron chi connectivity index (χ1n) is 45.2. The van der Waals surface area contributed by atoms with Gasteiger partial charge in [0.1, 0.15) is 29.1 Å². The van der Waals surface area contributed by atoms with Crippen LogP contribution in [0, 0.1) is 135 Å². The standard InChI is InChI=1S/C25H24N4O2.C21H19N5O.C20H21N5O2.C19H16FN5O2.C19H17N5O2/c1-3-4-23(30)15-5-6-19(14(2)7-15)16-8-17-11-24(28-13-21(17)22(27)10-16)29-25(31)20-9-18(20)12-26;1-11-15(3-2-4-18(11)23)12-5-13-8-20(25-10-17(13)19(24)7-12)26-21(27)16-6-14(16)9-22;1-11-3-2-4-19(26)25(11)14-5-12-7-18(23-10-16(12)17(22)8-14)24-20(27)15-6-13(15)9-21;1-9-2-3-16(26)25(9)14-5-10-6-15(23-8-13(10)18(22)17(14)20)24-19(27)12-4-11(12)7-21;1-10-2-3-18(25)24(10)13-4-11-6-17(22-9-15(11)16(21)7-13)23-19(26)14-5-12(14)8-20/h5-8,10-11,13,18,20H,3-4,9,27H2,1-2H3,(H,28,29,31);2-5,7-8,10,14,16H,6,23-24H2,1H3,(H,25,26,27);5,7-8,10-11,13,15H,2-4,6,22H2,1H3,(H,23,24,27);2,5-6,8,11-12H,3-4,22H2,1H3,(H,23,24,27);2,4,6-7,9,12,14H,3,5,21H2,1H3,(H,22,23,26)/t18-,20+;14-,16+;11?,13-,15+;11-,12+;12-,14+/m10100/s1. The Kier molecular flexibility index (Phi) is 26.6. The Morgan fingerprint density at radius 3 is 1.20 bits per heavy atom. The zero-order valence-electron chi connectivity index (χ0n) is 76.3. The van der Waals surface area contributed by atoms with Crippen LogP contribution in [0.1, 0.15) is 126 Å². The molecule has 11 atom stereocenters. The number of aromatic nitrogens is 5. The number of Topliss-reactive ketones (excluding diaryl/α,β-unsaturated/α-hetero) is 1. The van der Waals surface area contributed by atoms with Gasteiger partial charge in [-0.05, 0) is 243 Å². The zero-order valence-corrected chi connectivity index (χ0v) is 76.3. The van der Waals surface area contributed by atoms with E-state index in [2.05, 4.69) is 81.8 Å². The molecule has 34 heteroatoms. The lowest BCUT2D eigenvalue weighted by atomic mass is 9.94. The van der Waals surface area contributed by atoms with E-state index in [1.165, 1.54) is 17.2 Å². The summed E-state index contributed by atoms with van der Waals surface area (Å²) < 4.78 is 14.8. The van der Waals surface area contributed by atoms with E-state index in [4.69, 9.17) is 60.7 Å². The fourth-order valence-electron chi connectivity index (χ4n) is 17.6. The summed E-state index contributed by atoms with van der Waals surface area (Å²) in [6, 6.07) is 47.5. The lowest BCUT2D eigenvalue weighted by Crippen LogP contribution is -2.42. The maximum Gasteiger partial charge on any atom is 0.235 e. The number of nitrogens with one attached hydrogen (secondary N) is 5. The van der Waals surface area contributed by atoms with Crippen LogP contribution < -0.4 is 75.7 Å². The number of pyridine rings is 5. The Bertz CT molecular complexity index is 7450. The van der Waals surface area contributed by atoms with E-state index in [9.17, 15) is 47.5 Å². The Labute approximate surface area is 792 Å². The van der Waals surface area contributed by atoms with Gasteiger partial charge in [-0.15, -0.1) is 0 Å². The lowest BCUT2D eigenvalue weighted by Gasteiger charge is -2.33. The van der Waals surface area contributed by atoms with Crippen molar-refractivity contribution in [1.29, 1.82) is 26.3 Å². The number of nitrogens with zero attached hydrogens (tertiary/aromatic N) is 13. The van der Waals surface area contributed by atoms with Crippen molar-refractivity contribution in [2.45, 2.75) is 125 Å². The van der Waals surface area contributed by atoms with Crippen LogP contribution in [0.3, 0.4) is 0 Å². The van der Waals surface area contributed by atoms with Crippen LogP contribution in [0.2, 0.25) is 0 Å². The van der Waals surface area contributed by atoms with Crippen molar-refractivity contribution in [3.8, 4) is 52.6 Å². The summed E-state index contributed by atoms with van der Waals surface area (Å²) >= 11 is 0. The Hall–Kier alpha value is -17.3. The molecule has 0 radical (unpaired) electrons. The third-order valence-electron chi connectivity index (χ3n) is 26.0. The van der Waals surface area contributed by atoms with E-state index >= 15 is 0 Å². The Morgan fingerprint density at radius 2 is 0.812 bits per heavy atom. The monoisotopic (exact) mass is 1840 g/mol. The summed E-state index contributed by atoms with van der Waals surface area (Å²) in [5.41, 5.74) is 49.4. The number of benzene rings is 7. The number of allylic oxidation sites excluding steroid dienone is 2. The highest BCUT2D eigenvalue weighted by atomic mass is 19.1. The quantitative estimate of drug-likeness (QED) is 0.0281. The molecule has 8 amide bonds. The molecule has 694 valence electrons. The number of amides is 8. The van der Waals surface area contributed by atoms with Crippen LogP contribution in [0.4, 0.5) is 84.7 Å². The molecule has 5 aromatic heterocycles. The molecule has 0 spiro atoms. The highest BCUT2D eigenvalue weighted by Crippen LogP contribution is 2.46. The van der Waals surface area contributed by atoms with E-state index in [1.807, 2.05) is 120 Å². The first kappa shape index (κ1) is 93.9. The number of ketones is 1. The lowest BCUT2D eigenvalue weighted by molar-refractivity contribution is -0.120. The van der Waals surface area contributed by atoms with Crippen molar-refractivity contribution in [2.75, 3.05) is 75.7 Å². The van der Waals surface area contributed by atoms with Crippen LogP contribution in [-0.4, -0.2) is 84.0 Å². The van der Waals surface area contributed by atoms with Gasteiger partial charge in [0.15, 0.2) is 11.6 Å². The van der Waals surface area contributed by atoms with Crippen LogP contribution in [0.15, 0.2) is 176 Å². The molecule has 33 nitrogen and oxygen atoms in total. The SMILES string of the molecule is CC1=CCC(=O)N1c1cc(N)c2cnc(NC(=O)[C@@H]3C[C@H]3C#N)cc2c1.CC1=CCC(=O)N1c1cc2cc(NC(=O)[C@@H]3C[C@H]3C#N)ncc2c(N)c1F.CC1CCCC(=O)N1c1cc(N)c2cnc(NC(=O)[C@H]3C[C@@H]3C#N)cc2c1.CCCC(=O)c1ccc(-c2cc(N)c3cnc(NC(=O)[C@H]4C[C@@H]4C#N)cc3c2)c(C)c1.Cc1c(N)cccc1-c1cc(N)c2cnc(NC(=O)[C@@H]3C[C@H]3C#N)cc2c1. The summed E-state index contributed by atoms with van der Waals surface area (Å²) in [5.74, 6) is -1.99. The van der Waals surface area contributed by atoms with Crippen molar-refractivity contribution >= 4 is 187 Å². The molecule has 17 N–H and O–H groups in total. The zero-order chi connectivity index (χ0) is 98.1. The predicted octanol–water partition coefficient (Wildman–Crippen LogP) is 16.4. The molecule has 8 aliphatic rings. The third-order valence-corrected chi connectivity index (χ3v) is 26.0. The van der Waals surface area contributed by atoms with E-state index in [0.717, 1.165) is 118 Å². The van der Waals surface area contributed by atoms with Gasteiger partial charge < -0.3 is 65.9 Å². The number of piperidine rings is 1. The summed E-state index contributed by atoms with van der Waals surface area (Å²) in [4.78, 5) is 136. The van der Waals surface area contributed by atoms with Gasteiger partial charge in [0.2, 0.25) is 47.3 Å². The molecule has 12 aromatic rings. The van der Waals surface area contributed by atoms with Crippen molar-refractivity contribution < 1.29 is 47.5 Å². The summed E-state index contributed by atoms with van der Waals surface area (Å²) in [6.07, 6.45) is 18.8. The van der Waals surface area contributed by atoms with Gasteiger partial charge in [-0.2, -0.15) is 26.3 Å². The summed E-state index contributed by atoms with van der Waals surface area (Å²) in [6.45, 7) is 11.6. The number of nitrogen functional groups attached to an aromatic ring is 6. The molecular weight excluding hydrogens is 1750 g/mol. The van der Waals surface area contributed by atoms with Gasteiger partial charge in [-0.25, -0.2) is 29.3 Å². The molecule has 6 fully saturated rings. The molecule has 7 aromatic carbocycles. The van der Waals surface area contributed by atoms with Crippen molar-refractivity contribution in [3.05, 3.63) is 198 Å². The number of fused-ring (bicyclic) bond motifs is 5. The van der Waals surface area contributed by atoms with Crippen LogP contribution in [-0.2, 0) is 38.4 Å². The molecule has 138 heavy (non-hydrogen) atoms. The number of rotatable bonds is 18. The van der Waals surface area contributed by atoms with Crippen LogP contribution in [0.25, 0.3) is 76.1 Å². The smallest absolute Gasteiger partial charge is 0.235 e. The average molecular weight is 1850 g/mol. The average Bonchev–Trinajstić information content (AvgIpc) is 1.44. The molecular formula is C104H97FN24O9. The molecule has 3 aliphatic heterocycles. The first-order valence-corrected chi connectivity index (χ1v) is 45.2. The molecule has 1 saturated heterocycles. The number of hydrogen-bond donors (Lipinski definition) is 11. The maximum absolute atomic E-state index is 14.8. The number of nitrogens with two attached hydrogens (primary N) is 6. The number of carbonyl (C=O) groups is 9. The molecule has 20 rings (SSSR count). The minimum absolute atomic E-state index is 0.000103. The van der Waals surface area contributed by atoms with Crippen molar-refractivity contribution in [3.63, 3.8) is 0 Å². The molecule has 8 heterocycles. The van der Waals surface area contributed by atoms with Crippen LogP contribution >= 0.6 is 0 Å². The largest absolute Gasteiger partial charge is 0.398 e. The molecule has 5 saturated carbocycles. The maximum atomic E-state index is 14.8. The van der Waals surface area contributed by atoms with E-state index in [1.54, 1.807) is 84.0 Å². The highest BCUT2D eigenvalue weighted by molar-refractivity contribution is 6.10. The number of nitriles is 5. The Morgan fingerprint density at radius 1 is 0.435 bits per heavy atom. The Balaban J connectivity index is 0.000000125. The minimum atomic E-state index is -0.682. The topological polar surface area (TPSA) is 563 Å². The summed E-state index contributed by atoms with van der Waals surface area (Å²) in [5, 5.41) is 65.6. The molecule has 5 aliphatic carbocycles. The number of anilines is 14. The number of hydrogen-bond acceptors (Lipinski definition) is 25.